The number of likely N-dealkylation sites (tertiary alicyclic amines) is 1. The van der Waals surface area contributed by atoms with E-state index in [1.54, 1.807) is 32.7 Å². The zero-order chi connectivity index (χ0) is 31.2. The Morgan fingerprint density at radius 2 is 1.76 bits per heavy atom. The number of carboxylic acids is 1. The Morgan fingerprint density at radius 1 is 1.07 bits per heavy atom. The fraction of sp³-hybridized carbons (Fsp3) is 0.733. The van der Waals surface area contributed by atoms with E-state index < -0.39 is 29.7 Å². The Bertz CT molecular complexity index is 1330. The van der Waals surface area contributed by atoms with Crippen LogP contribution in [-0.2, 0) is 40.8 Å². The predicted molar refractivity (Wildman–Crippen MR) is 159 cm³/mol. The SMILES string of the molecule is CCCCCCCN(C(=O)Cn1c(CC)nc2c(CCC)nn(C)c2c1=O)[C@H]1C[C@@H](C(=O)O)N(C(=O)OC(C)(C)C)C1. The molecule has 12 heteroatoms. The van der Waals surface area contributed by atoms with Crippen LogP contribution in [0, 0.1) is 0 Å². The van der Waals surface area contributed by atoms with Crippen molar-refractivity contribution >= 4 is 29.0 Å². The van der Waals surface area contributed by atoms with Crippen LogP contribution in [0.25, 0.3) is 11.0 Å². The zero-order valence-electron chi connectivity index (χ0n) is 26.3. The van der Waals surface area contributed by atoms with Gasteiger partial charge in [-0.05, 0) is 33.6 Å². The molecule has 0 unspecified atom stereocenters. The highest BCUT2D eigenvalue weighted by molar-refractivity contribution is 5.82. The monoisotopic (exact) mass is 588 g/mol. The van der Waals surface area contributed by atoms with Crippen molar-refractivity contribution in [3.05, 3.63) is 21.9 Å². The highest BCUT2D eigenvalue weighted by Crippen LogP contribution is 2.26. The average Bonchev–Trinajstić information content (AvgIpc) is 3.48. The van der Waals surface area contributed by atoms with Gasteiger partial charge in [-0.3, -0.25) is 23.7 Å². The molecule has 42 heavy (non-hydrogen) atoms. The Balaban J connectivity index is 1.95. The van der Waals surface area contributed by atoms with Crippen LogP contribution in [0.5, 0.6) is 0 Å². The van der Waals surface area contributed by atoms with Gasteiger partial charge in [0.25, 0.3) is 5.56 Å². The summed E-state index contributed by atoms with van der Waals surface area (Å²) in [6, 6.07) is -1.64. The van der Waals surface area contributed by atoms with Gasteiger partial charge in [0.15, 0.2) is 5.52 Å². The molecule has 1 saturated heterocycles. The van der Waals surface area contributed by atoms with E-state index in [2.05, 4.69) is 12.0 Å². The van der Waals surface area contributed by atoms with Crippen molar-refractivity contribution in [1.82, 2.24) is 29.1 Å². The summed E-state index contributed by atoms with van der Waals surface area (Å²) in [5.41, 5.74) is 0.583. The van der Waals surface area contributed by atoms with Crippen molar-refractivity contribution in [3.8, 4) is 0 Å². The number of fused-ring (bicyclic) bond motifs is 1. The Labute approximate surface area is 248 Å². The quantitative estimate of drug-likeness (QED) is 0.348. The first kappa shape index (κ1) is 33.1. The number of aliphatic carboxylic acids is 1. The molecule has 0 spiro atoms. The smallest absolute Gasteiger partial charge is 0.411 e. The third kappa shape index (κ3) is 7.69. The number of nitrogens with zero attached hydrogens (tertiary/aromatic N) is 6. The maximum Gasteiger partial charge on any atom is 0.411 e. The van der Waals surface area contributed by atoms with Gasteiger partial charge in [-0.25, -0.2) is 14.6 Å². The van der Waals surface area contributed by atoms with E-state index in [1.807, 2.05) is 13.8 Å². The molecule has 1 N–H and O–H groups in total. The van der Waals surface area contributed by atoms with Crippen LogP contribution in [0.4, 0.5) is 4.79 Å². The van der Waals surface area contributed by atoms with E-state index in [0.717, 1.165) is 44.2 Å². The van der Waals surface area contributed by atoms with Crippen molar-refractivity contribution < 1.29 is 24.2 Å². The lowest BCUT2D eigenvalue weighted by atomic mass is 10.1. The largest absolute Gasteiger partial charge is 0.480 e. The Kier molecular flexibility index (Phi) is 11.1. The highest BCUT2D eigenvalue weighted by Gasteiger charge is 2.44. The van der Waals surface area contributed by atoms with E-state index in [0.29, 0.717) is 36.2 Å². The second kappa shape index (κ2) is 14.2. The number of hydrogen-bond donors (Lipinski definition) is 1. The summed E-state index contributed by atoms with van der Waals surface area (Å²) in [7, 11) is 1.71. The zero-order valence-corrected chi connectivity index (χ0v) is 26.3. The van der Waals surface area contributed by atoms with E-state index in [9.17, 15) is 24.3 Å². The van der Waals surface area contributed by atoms with Crippen molar-refractivity contribution in [3.63, 3.8) is 0 Å². The van der Waals surface area contributed by atoms with Crippen molar-refractivity contribution in [2.75, 3.05) is 13.1 Å². The summed E-state index contributed by atoms with van der Waals surface area (Å²) in [4.78, 5) is 60.4. The molecular weight excluding hydrogens is 540 g/mol. The second-order valence-electron chi connectivity index (χ2n) is 12.2. The van der Waals surface area contributed by atoms with Gasteiger partial charge in [-0.2, -0.15) is 5.10 Å². The summed E-state index contributed by atoms with van der Waals surface area (Å²) in [5, 5.41) is 14.4. The number of carboxylic acid groups (broad SMARTS) is 1. The van der Waals surface area contributed by atoms with Gasteiger partial charge in [0.1, 0.15) is 29.5 Å². The molecule has 1 aliphatic heterocycles. The number of rotatable bonds is 13. The first-order chi connectivity index (χ1) is 19.8. The lowest BCUT2D eigenvalue weighted by Crippen LogP contribution is -2.46. The molecule has 2 amide bonds. The number of carbonyl (C=O) groups excluding carboxylic acids is 2. The van der Waals surface area contributed by atoms with Gasteiger partial charge in [0.05, 0.1) is 11.7 Å². The van der Waals surface area contributed by atoms with Crippen LogP contribution >= 0.6 is 0 Å². The van der Waals surface area contributed by atoms with Gasteiger partial charge in [0, 0.05) is 33.0 Å². The summed E-state index contributed by atoms with van der Waals surface area (Å²) < 4.78 is 8.44. The molecule has 0 aromatic carbocycles. The Morgan fingerprint density at radius 3 is 2.36 bits per heavy atom. The number of carbonyl (C=O) groups is 3. The number of amides is 2. The normalized spacial score (nSPS) is 17.2. The Hall–Kier alpha value is -3.44. The molecule has 0 bridgehead atoms. The fourth-order valence-electron chi connectivity index (χ4n) is 5.62. The van der Waals surface area contributed by atoms with Gasteiger partial charge >= 0.3 is 12.1 Å². The first-order valence-corrected chi connectivity index (χ1v) is 15.3. The molecule has 3 rings (SSSR count). The van der Waals surface area contributed by atoms with Crippen LogP contribution in [0.2, 0.25) is 0 Å². The number of aryl methyl sites for hydroxylation is 3. The van der Waals surface area contributed by atoms with E-state index >= 15 is 0 Å². The van der Waals surface area contributed by atoms with Crippen LogP contribution in [0.3, 0.4) is 0 Å². The molecule has 12 nitrogen and oxygen atoms in total. The van der Waals surface area contributed by atoms with Crippen LogP contribution in [-0.4, -0.2) is 83.0 Å². The third-order valence-electron chi connectivity index (χ3n) is 7.64. The van der Waals surface area contributed by atoms with Crippen LogP contribution in [0.1, 0.15) is 98.0 Å². The third-order valence-corrected chi connectivity index (χ3v) is 7.64. The van der Waals surface area contributed by atoms with E-state index in [4.69, 9.17) is 9.72 Å². The lowest BCUT2D eigenvalue weighted by molar-refractivity contribution is -0.142. The average molecular weight is 589 g/mol. The van der Waals surface area contributed by atoms with Gasteiger partial charge < -0.3 is 14.7 Å². The molecular formula is C30H48N6O6. The van der Waals surface area contributed by atoms with Crippen LogP contribution < -0.4 is 5.56 Å². The van der Waals surface area contributed by atoms with Gasteiger partial charge in [-0.1, -0.05) is 52.9 Å². The number of hydrogen-bond acceptors (Lipinski definition) is 7. The van der Waals surface area contributed by atoms with Crippen molar-refractivity contribution in [2.24, 2.45) is 7.05 Å². The molecule has 1 fully saturated rings. The first-order valence-electron chi connectivity index (χ1n) is 15.3. The molecule has 0 radical (unpaired) electrons. The summed E-state index contributed by atoms with van der Waals surface area (Å²) in [6.45, 7) is 11.5. The topological polar surface area (TPSA) is 140 Å². The van der Waals surface area contributed by atoms with Crippen LogP contribution in [0.15, 0.2) is 4.79 Å². The standard InChI is InChI=1S/C30H48N6O6/c1-8-11-12-13-14-16-34(20-17-22(28(39)40)35(18-20)29(41)42-30(4,5)6)24(37)19-36-23(10-3)31-25-21(15-9-2)32-33(7)26(25)27(36)38/h20,22H,8-19H2,1-7H3,(H,39,40)/t20-,22-/m0/s1. The summed E-state index contributed by atoms with van der Waals surface area (Å²) in [5.74, 6) is -0.948. The molecule has 234 valence electrons. The second-order valence-corrected chi connectivity index (χ2v) is 12.2. The lowest BCUT2D eigenvalue weighted by Gasteiger charge is -2.30. The molecule has 2 aromatic rings. The van der Waals surface area contributed by atoms with Gasteiger partial charge in [0.2, 0.25) is 5.91 Å². The maximum absolute atomic E-state index is 14.0. The minimum Gasteiger partial charge on any atom is -0.480 e. The number of ether oxygens (including phenoxy) is 1. The molecule has 3 heterocycles. The van der Waals surface area contributed by atoms with Gasteiger partial charge in [-0.15, -0.1) is 0 Å². The summed E-state index contributed by atoms with van der Waals surface area (Å²) >= 11 is 0. The highest BCUT2D eigenvalue weighted by atomic mass is 16.6. The molecule has 2 aromatic heterocycles. The molecule has 2 atom stereocenters. The van der Waals surface area contributed by atoms with Crippen molar-refractivity contribution in [2.45, 2.75) is 124 Å². The number of unbranched alkanes of at least 4 members (excludes halogenated alkanes) is 4. The van der Waals surface area contributed by atoms with E-state index in [1.165, 1.54) is 14.1 Å². The fourth-order valence-corrected chi connectivity index (χ4v) is 5.62. The maximum atomic E-state index is 14.0. The van der Waals surface area contributed by atoms with E-state index in [-0.39, 0.29) is 31.0 Å². The minimum absolute atomic E-state index is 0.0432. The predicted octanol–water partition coefficient (Wildman–Crippen LogP) is 3.91. The van der Waals surface area contributed by atoms with Crippen molar-refractivity contribution in [1.29, 1.82) is 0 Å². The summed E-state index contributed by atoms with van der Waals surface area (Å²) in [6.07, 6.45) is 6.26. The molecule has 1 aliphatic rings. The number of aromatic nitrogens is 4. The molecule has 0 aliphatic carbocycles. The minimum atomic E-state index is -1.14. The molecule has 0 saturated carbocycles.